The maximum Gasteiger partial charge on any atom is 0 e. The number of rotatable bonds is 0. The second-order valence-electron chi connectivity index (χ2n) is 0. The Morgan fingerprint density at radius 1 is 1.00 bits per heavy atom. The zero-order chi connectivity index (χ0) is 0. The van der Waals surface area contributed by atoms with Gasteiger partial charge in [0.25, 0.3) is 0 Å². The second-order valence-corrected chi connectivity index (χ2v) is 0. The molecule has 0 bridgehead atoms. The molecule has 0 atom stereocenters. The minimum Gasteiger partial charge on any atom is -0.0776 e. The van der Waals surface area contributed by atoms with Gasteiger partial charge in [-0.1, -0.05) is 7.43 Å². The van der Waals surface area contributed by atoms with Gasteiger partial charge < -0.3 is 0 Å². The van der Waals surface area contributed by atoms with E-state index in [0.29, 0.717) is 0 Å². The van der Waals surface area contributed by atoms with Crippen LogP contribution in [0.2, 0.25) is 0 Å². The first-order valence-electron chi connectivity index (χ1n) is 0. The van der Waals surface area contributed by atoms with Gasteiger partial charge in [-0.2, -0.15) is 0 Å². The molecule has 7 heteroatoms. The molecule has 60 valence electrons. The molecular weight excluding hydrogens is 421 g/mol. The standard InChI is InChI=1S/CH4.Cr.Cu.Fe.Mn.Mo.Ni.Si/h1H4;;;;;;;. The molecule has 0 fully saturated rings. The Hall–Kier alpha value is 3.49. The Labute approximate surface area is 123 Å². The molecule has 0 aliphatic heterocycles. The smallest absolute Gasteiger partial charge is 0 e. The Morgan fingerprint density at radius 3 is 1.00 bits per heavy atom. The van der Waals surface area contributed by atoms with Gasteiger partial charge in [0, 0.05) is 117 Å². The van der Waals surface area contributed by atoms with Crippen molar-refractivity contribution < 1.29 is 106 Å². The second kappa shape index (κ2) is 77.6. The third kappa shape index (κ3) is 56.2. The van der Waals surface area contributed by atoms with Crippen LogP contribution in [0.3, 0.4) is 0 Å². The Kier molecular flexibility index (Phi) is 1010. The molecule has 6 radical (unpaired) electrons. The van der Waals surface area contributed by atoms with Gasteiger partial charge in [0.05, 0.1) is 0 Å². The third-order valence-electron chi connectivity index (χ3n) is 0. The van der Waals surface area contributed by atoms with Crippen molar-refractivity contribution in [2.45, 2.75) is 7.43 Å². The van der Waals surface area contributed by atoms with E-state index >= 15 is 0 Å². The summed E-state index contributed by atoms with van der Waals surface area (Å²) >= 11 is 0. The minimum absolute atomic E-state index is 0. The van der Waals surface area contributed by atoms with Gasteiger partial charge in [0.15, 0.2) is 0 Å². The Balaban J connectivity index is 0. The van der Waals surface area contributed by atoms with Crippen LogP contribution >= 0.6 is 0 Å². The summed E-state index contributed by atoms with van der Waals surface area (Å²) in [6.45, 7) is 0. The summed E-state index contributed by atoms with van der Waals surface area (Å²) < 4.78 is 0. The normalized spacial score (nSPS) is 0. The molecule has 0 saturated heterocycles. The topological polar surface area (TPSA) is 0 Å². The summed E-state index contributed by atoms with van der Waals surface area (Å²) in [7, 11) is 0. The first kappa shape index (κ1) is 104. The van der Waals surface area contributed by atoms with Crippen molar-refractivity contribution in [2.24, 2.45) is 0 Å². The molecule has 0 aliphatic carbocycles. The predicted octanol–water partition coefficient (Wildman–Crippen LogP) is 0.240. The molecule has 0 aromatic carbocycles. The van der Waals surface area contributed by atoms with Gasteiger partial charge in [0.2, 0.25) is 0 Å². The van der Waals surface area contributed by atoms with E-state index in [1.165, 1.54) is 0 Å². The van der Waals surface area contributed by atoms with E-state index < -0.39 is 0 Å². The van der Waals surface area contributed by atoms with Gasteiger partial charge >= 0.3 is 0 Å². The van der Waals surface area contributed by atoms with Gasteiger partial charge in [-0.05, 0) is 0 Å². The fourth-order valence-electron chi connectivity index (χ4n) is 0. The van der Waals surface area contributed by atoms with Gasteiger partial charge in [-0.25, -0.2) is 0 Å². The van der Waals surface area contributed by atoms with Crippen LogP contribution < -0.4 is 0 Å². The Morgan fingerprint density at radius 2 is 1.00 bits per heavy atom. The van der Waals surface area contributed by atoms with Crippen LogP contribution in [0, 0.1) is 0 Å². The van der Waals surface area contributed by atoms with E-state index in [2.05, 4.69) is 0 Å². The molecule has 0 N–H and O–H groups in total. The summed E-state index contributed by atoms with van der Waals surface area (Å²) in [6.07, 6.45) is 0. The van der Waals surface area contributed by atoms with E-state index in [-0.39, 0.29) is 125 Å². The quantitative estimate of drug-likeness (QED) is 0.489. The first-order chi connectivity index (χ1) is 0. The summed E-state index contributed by atoms with van der Waals surface area (Å²) in [5.74, 6) is 0. The molecule has 0 rings (SSSR count). The van der Waals surface area contributed by atoms with Crippen molar-refractivity contribution in [3.05, 3.63) is 0 Å². The molecule has 0 aromatic heterocycles. The van der Waals surface area contributed by atoms with Crippen LogP contribution in [-0.4, -0.2) is 11.0 Å². The van der Waals surface area contributed by atoms with Crippen LogP contribution in [0.5, 0.6) is 0 Å². The summed E-state index contributed by atoms with van der Waals surface area (Å²) in [5.41, 5.74) is 0. The molecule has 0 unspecified atom stereocenters. The maximum atomic E-state index is 0. The summed E-state index contributed by atoms with van der Waals surface area (Å²) in [5, 5.41) is 0. The van der Waals surface area contributed by atoms with Gasteiger partial charge in [-0.3, -0.25) is 0 Å². The van der Waals surface area contributed by atoms with Crippen LogP contribution in [0.15, 0.2) is 0 Å². The van der Waals surface area contributed by atoms with Gasteiger partial charge in [0.1, 0.15) is 0 Å². The van der Waals surface area contributed by atoms with Crippen molar-refractivity contribution in [1.29, 1.82) is 0 Å². The number of hydrogen-bond donors (Lipinski definition) is 0. The van der Waals surface area contributed by atoms with E-state index in [1.807, 2.05) is 0 Å². The molecule has 0 aliphatic rings. The molecule has 0 saturated carbocycles. The van der Waals surface area contributed by atoms with E-state index in [1.54, 1.807) is 0 Å². The predicted molar refractivity (Wildman–Crippen MR) is 12.5 cm³/mol. The van der Waals surface area contributed by atoms with Crippen molar-refractivity contribution >= 4 is 11.0 Å². The fraction of sp³-hybridized carbons (Fsp3) is 1.00. The van der Waals surface area contributed by atoms with Crippen molar-refractivity contribution in [1.82, 2.24) is 0 Å². The molecule has 0 amide bonds. The monoisotopic (exact) mass is 426 g/mol. The minimum atomic E-state index is 0. The Bertz CT molecular complexity index is 24.0. The summed E-state index contributed by atoms with van der Waals surface area (Å²) in [4.78, 5) is 0. The van der Waals surface area contributed by atoms with Crippen molar-refractivity contribution in [3.63, 3.8) is 0 Å². The molecular formula is CH4CrCuFeMnMoNiSi. The van der Waals surface area contributed by atoms with Crippen LogP contribution in [-0.2, 0) is 106 Å². The SMILES string of the molecule is C.[Cr].[Cu].[Fe].[Mn].[Mo].[Ni].[Si]. The largest absolute Gasteiger partial charge is 0.0776 e. The average molecular weight is 425 g/mol. The van der Waals surface area contributed by atoms with E-state index in [4.69, 9.17) is 0 Å². The molecule has 0 aromatic rings. The van der Waals surface area contributed by atoms with Crippen molar-refractivity contribution in [3.8, 4) is 0 Å². The van der Waals surface area contributed by atoms with Crippen LogP contribution in [0.4, 0.5) is 0 Å². The van der Waals surface area contributed by atoms with E-state index in [9.17, 15) is 0 Å². The summed E-state index contributed by atoms with van der Waals surface area (Å²) in [6, 6.07) is 0. The zero-order valence-corrected chi connectivity index (χ0v) is 11.2. The first-order valence-corrected chi connectivity index (χ1v) is 0. The van der Waals surface area contributed by atoms with E-state index in [0.717, 1.165) is 0 Å². The van der Waals surface area contributed by atoms with Crippen LogP contribution in [0.25, 0.3) is 0 Å². The molecule has 0 spiro atoms. The molecule has 0 nitrogen and oxygen atoms in total. The van der Waals surface area contributed by atoms with Crippen LogP contribution in [0.1, 0.15) is 7.43 Å². The number of hydrogen-bond acceptors (Lipinski definition) is 0. The molecule has 0 heterocycles. The van der Waals surface area contributed by atoms with Gasteiger partial charge in [-0.15, -0.1) is 0 Å². The van der Waals surface area contributed by atoms with Crippen molar-refractivity contribution in [2.75, 3.05) is 0 Å². The maximum absolute atomic E-state index is 0. The fourth-order valence-corrected chi connectivity index (χ4v) is 0. The zero-order valence-electron chi connectivity index (χ0n) is 2.67. The third-order valence-corrected chi connectivity index (χ3v) is 0. The molecule has 8 heavy (non-hydrogen) atoms. The average Bonchev–Trinajstić information content (AvgIpc) is 0.